The van der Waals surface area contributed by atoms with Crippen LogP contribution in [0, 0.1) is 12.8 Å². The summed E-state index contributed by atoms with van der Waals surface area (Å²) in [6, 6.07) is 6.00. The summed E-state index contributed by atoms with van der Waals surface area (Å²) in [6.07, 6.45) is 2.46. The van der Waals surface area contributed by atoms with E-state index in [1.165, 1.54) is 25.9 Å². The number of aromatic carboxylic acids is 1. The zero-order valence-corrected chi connectivity index (χ0v) is 11.2. The minimum Gasteiger partial charge on any atom is -0.478 e. The van der Waals surface area contributed by atoms with Crippen molar-refractivity contribution in [3.8, 4) is 0 Å². The number of carboxylic acids is 1. The van der Waals surface area contributed by atoms with E-state index < -0.39 is 5.97 Å². The standard InChI is InChI=1S/C15H20N2O2/c1-10-2-3-13(12(8-10)15(18)19)16-14-9-17-6-4-11(14)5-7-17/h2-3,8,11,14,16H,4-7,9H2,1H3,(H,18,19). The fourth-order valence-electron chi connectivity index (χ4n) is 3.29. The second-order valence-corrected chi connectivity index (χ2v) is 5.74. The second kappa shape index (κ2) is 4.85. The van der Waals surface area contributed by atoms with Gasteiger partial charge in [-0.2, -0.15) is 0 Å². The smallest absolute Gasteiger partial charge is 0.337 e. The average Bonchev–Trinajstić information content (AvgIpc) is 2.42. The van der Waals surface area contributed by atoms with Crippen molar-refractivity contribution >= 4 is 11.7 Å². The van der Waals surface area contributed by atoms with Gasteiger partial charge < -0.3 is 15.3 Å². The zero-order chi connectivity index (χ0) is 13.4. The molecule has 4 heteroatoms. The average molecular weight is 260 g/mol. The first-order chi connectivity index (χ1) is 9.13. The van der Waals surface area contributed by atoms with Crippen LogP contribution in [0.5, 0.6) is 0 Å². The molecule has 1 aromatic rings. The summed E-state index contributed by atoms with van der Waals surface area (Å²) >= 11 is 0. The lowest BCUT2D eigenvalue weighted by molar-refractivity contribution is 0.0697. The van der Waals surface area contributed by atoms with Crippen molar-refractivity contribution in [1.82, 2.24) is 4.90 Å². The lowest BCUT2D eigenvalue weighted by atomic mass is 9.84. The number of piperidine rings is 3. The summed E-state index contributed by atoms with van der Waals surface area (Å²) in [5.41, 5.74) is 2.13. The van der Waals surface area contributed by atoms with Crippen molar-refractivity contribution in [2.24, 2.45) is 5.92 Å². The molecular weight excluding hydrogens is 240 g/mol. The van der Waals surface area contributed by atoms with E-state index in [4.69, 9.17) is 0 Å². The zero-order valence-electron chi connectivity index (χ0n) is 11.2. The van der Waals surface area contributed by atoms with E-state index in [0.29, 0.717) is 17.5 Å². The Balaban J connectivity index is 1.81. The normalized spacial score (nSPS) is 29.2. The van der Waals surface area contributed by atoms with Crippen molar-refractivity contribution in [2.45, 2.75) is 25.8 Å². The molecule has 0 spiro atoms. The van der Waals surface area contributed by atoms with Crippen molar-refractivity contribution in [1.29, 1.82) is 0 Å². The maximum Gasteiger partial charge on any atom is 0.337 e. The van der Waals surface area contributed by atoms with E-state index in [1.54, 1.807) is 6.07 Å². The number of nitrogens with zero attached hydrogens (tertiary/aromatic N) is 1. The Bertz CT molecular complexity index is 493. The van der Waals surface area contributed by atoms with Gasteiger partial charge in [-0.15, -0.1) is 0 Å². The SMILES string of the molecule is Cc1ccc(NC2CN3CCC2CC3)c(C(=O)O)c1. The van der Waals surface area contributed by atoms with Crippen molar-refractivity contribution in [3.63, 3.8) is 0 Å². The minimum absolute atomic E-state index is 0.386. The van der Waals surface area contributed by atoms with E-state index in [-0.39, 0.29) is 0 Å². The Morgan fingerprint density at radius 3 is 2.68 bits per heavy atom. The van der Waals surface area contributed by atoms with Crippen LogP contribution in [-0.4, -0.2) is 41.7 Å². The molecule has 0 saturated carbocycles. The third-order valence-corrected chi connectivity index (χ3v) is 4.40. The number of aryl methyl sites for hydroxylation is 1. The fourth-order valence-corrected chi connectivity index (χ4v) is 3.29. The Kier molecular flexibility index (Phi) is 3.19. The van der Waals surface area contributed by atoms with Gasteiger partial charge in [-0.3, -0.25) is 0 Å². The highest BCUT2D eigenvalue weighted by molar-refractivity contribution is 5.94. The van der Waals surface area contributed by atoms with Crippen LogP contribution in [0.25, 0.3) is 0 Å². The number of rotatable bonds is 3. The molecule has 4 nitrogen and oxygen atoms in total. The molecule has 4 rings (SSSR count). The molecule has 3 aliphatic rings. The van der Waals surface area contributed by atoms with Gasteiger partial charge in [0.1, 0.15) is 0 Å². The van der Waals surface area contributed by atoms with Crippen LogP contribution in [0.1, 0.15) is 28.8 Å². The molecule has 0 aliphatic carbocycles. The Morgan fingerprint density at radius 1 is 1.37 bits per heavy atom. The molecule has 3 saturated heterocycles. The summed E-state index contributed by atoms with van der Waals surface area (Å²) in [6.45, 7) is 5.35. The van der Waals surface area contributed by atoms with Crippen molar-refractivity contribution < 1.29 is 9.90 Å². The first-order valence-corrected chi connectivity index (χ1v) is 6.96. The fraction of sp³-hybridized carbons (Fsp3) is 0.533. The molecule has 3 aliphatic heterocycles. The van der Waals surface area contributed by atoms with E-state index in [2.05, 4.69) is 10.2 Å². The predicted octanol–water partition coefficient (Wildman–Crippen LogP) is 2.20. The molecular formula is C15H20N2O2. The van der Waals surface area contributed by atoms with Crippen LogP contribution >= 0.6 is 0 Å². The lowest BCUT2D eigenvalue weighted by Gasteiger charge is -2.45. The van der Waals surface area contributed by atoms with Crippen LogP contribution in [-0.2, 0) is 0 Å². The number of anilines is 1. The number of carbonyl (C=O) groups is 1. The molecule has 1 atom stereocenters. The molecule has 102 valence electrons. The molecule has 0 radical (unpaired) electrons. The molecule has 0 aromatic heterocycles. The van der Waals surface area contributed by atoms with Crippen molar-refractivity contribution in [3.05, 3.63) is 29.3 Å². The quantitative estimate of drug-likeness (QED) is 0.875. The number of hydrogen-bond donors (Lipinski definition) is 2. The molecule has 3 heterocycles. The first kappa shape index (κ1) is 12.5. The van der Waals surface area contributed by atoms with Gasteiger partial charge in [0.15, 0.2) is 0 Å². The summed E-state index contributed by atoms with van der Waals surface area (Å²) in [7, 11) is 0. The van der Waals surface area contributed by atoms with Crippen LogP contribution in [0.3, 0.4) is 0 Å². The van der Waals surface area contributed by atoms with Gasteiger partial charge in [0.2, 0.25) is 0 Å². The van der Waals surface area contributed by atoms with Crippen LogP contribution in [0.15, 0.2) is 18.2 Å². The summed E-state index contributed by atoms with van der Waals surface area (Å²) in [5.74, 6) is -0.166. The maximum atomic E-state index is 11.3. The molecule has 2 N–H and O–H groups in total. The van der Waals surface area contributed by atoms with Gasteiger partial charge in [0, 0.05) is 18.3 Å². The highest BCUT2D eigenvalue weighted by Gasteiger charge is 2.34. The molecule has 3 fully saturated rings. The van der Waals surface area contributed by atoms with E-state index in [9.17, 15) is 9.90 Å². The Hall–Kier alpha value is -1.55. The van der Waals surface area contributed by atoms with Gasteiger partial charge in [-0.25, -0.2) is 4.79 Å². The molecule has 1 aromatic carbocycles. The number of nitrogens with one attached hydrogen (secondary N) is 1. The van der Waals surface area contributed by atoms with Gasteiger partial charge in [-0.05, 0) is 50.9 Å². The summed E-state index contributed by atoms with van der Waals surface area (Å²) in [5, 5.41) is 12.8. The number of benzene rings is 1. The molecule has 19 heavy (non-hydrogen) atoms. The molecule has 0 amide bonds. The third-order valence-electron chi connectivity index (χ3n) is 4.40. The van der Waals surface area contributed by atoms with Crippen LogP contribution in [0.2, 0.25) is 0 Å². The molecule has 2 bridgehead atoms. The van der Waals surface area contributed by atoms with Crippen LogP contribution < -0.4 is 5.32 Å². The maximum absolute atomic E-state index is 11.3. The number of carboxylic acid groups (broad SMARTS) is 1. The molecule has 1 unspecified atom stereocenters. The van der Waals surface area contributed by atoms with Gasteiger partial charge in [0.05, 0.1) is 5.56 Å². The topological polar surface area (TPSA) is 52.6 Å². The summed E-state index contributed by atoms with van der Waals surface area (Å²) < 4.78 is 0. The summed E-state index contributed by atoms with van der Waals surface area (Å²) in [4.78, 5) is 13.8. The van der Waals surface area contributed by atoms with E-state index in [0.717, 1.165) is 17.8 Å². The number of fused-ring (bicyclic) bond motifs is 3. The highest BCUT2D eigenvalue weighted by Crippen LogP contribution is 2.30. The van der Waals surface area contributed by atoms with E-state index >= 15 is 0 Å². The third kappa shape index (κ3) is 2.45. The van der Waals surface area contributed by atoms with Crippen LogP contribution in [0.4, 0.5) is 5.69 Å². The monoisotopic (exact) mass is 260 g/mol. The predicted molar refractivity (Wildman–Crippen MR) is 74.7 cm³/mol. The van der Waals surface area contributed by atoms with E-state index in [1.807, 2.05) is 19.1 Å². The largest absolute Gasteiger partial charge is 0.478 e. The first-order valence-electron chi connectivity index (χ1n) is 6.96. The number of hydrogen-bond acceptors (Lipinski definition) is 3. The minimum atomic E-state index is -0.854. The van der Waals surface area contributed by atoms with Crippen molar-refractivity contribution in [2.75, 3.05) is 25.0 Å². The lowest BCUT2D eigenvalue weighted by Crippen LogP contribution is -2.53. The second-order valence-electron chi connectivity index (χ2n) is 5.74. The Labute approximate surface area is 113 Å². The van der Waals surface area contributed by atoms with Gasteiger partial charge >= 0.3 is 5.97 Å². The van der Waals surface area contributed by atoms with Gasteiger partial charge in [0.25, 0.3) is 0 Å². The van der Waals surface area contributed by atoms with Gasteiger partial charge in [-0.1, -0.05) is 11.6 Å². The highest BCUT2D eigenvalue weighted by atomic mass is 16.4. The Morgan fingerprint density at radius 2 is 2.11 bits per heavy atom.